The van der Waals surface area contributed by atoms with Crippen molar-refractivity contribution in [3.05, 3.63) is 53.6 Å². The lowest BCUT2D eigenvalue weighted by Crippen LogP contribution is -2.25. The lowest BCUT2D eigenvalue weighted by atomic mass is 10.2. The van der Waals surface area contributed by atoms with Gasteiger partial charge < -0.3 is 10.2 Å². The Kier molecular flexibility index (Phi) is 5.26. The van der Waals surface area contributed by atoms with Crippen LogP contribution >= 0.6 is 0 Å². The van der Waals surface area contributed by atoms with Crippen molar-refractivity contribution in [3.63, 3.8) is 0 Å². The smallest absolute Gasteiger partial charge is 0.255 e. The molecule has 0 unspecified atom stereocenters. The second-order valence-corrected chi connectivity index (χ2v) is 9.07. The molecule has 154 valence electrons. The van der Waals surface area contributed by atoms with E-state index in [1.54, 1.807) is 4.90 Å². The van der Waals surface area contributed by atoms with Crippen molar-refractivity contribution in [3.8, 4) is 0 Å². The molecule has 1 saturated carbocycles. The molecule has 2 aliphatic rings. The maximum atomic E-state index is 14.4. The van der Waals surface area contributed by atoms with Crippen LogP contribution in [0.15, 0.2) is 41.3 Å². The van der Waals surface area contributed by atoms with Gasteiger partial charge in [-0.2, -0.15) is 0 Å². The molecule has 6 nitrogen and oxygen atoms in total. The van der Waals surface area contributed by atoms with Crippen molar-refractivity contribution < 1.29 is 22.0 Å². The number of anilines is 2. The van der Waals surface area contributed by atoms with Crippen molar-refractivity contribution in [2.45, 2.75) is 36.6 Å². The number of amides is 1. The third-order valence-electron chi connectivity index (χ3n) is 5.02. The average molecular weight is 421 g/mol. The van der Waals surface area contributed by atoms with E-state index in [0.29, 0.717) is 13.1 Å². The molecule has 2 fully saturated rings. The molecular formula is C20H21F2N3O3S. The topological polar surface area (TPSA) is 78.5 Å². The first-order valence-corrected chi connectivity index (χ1v) is 11.0. The quantitative estimate of drug-likeness (QED) is 0.751. The molecule has 1 aliphatic heterocycles. The number of nitrogens with one attached hydrogen (secondary N) is 2. The Morgan fingerprint density at radius 1 is 1.00 bits per heavy atom. The van der Waals surface area contributed by atoms with Crippen molar-refractivity contribution in [1.29, 1.82) is 0 Å². The fourth-order valence-corrected chi connectivity index (χ4v) is 4.66. The van der Waals surface area contributed by atoms with E-state index in [9.17, 15) is 22.0 Å². The van der Waals surface area contributed by atoms with E-state index in [0.717, 1.165) is 37.8 Å². The summed E-state index contributed by atoms with van der Waals surface area (Å²) in [6.45, 7) is 1.20. The van der Waals surface area contributed by atoms with Crippen LogP contribution in [0.5, 0.6) is 0 Å². The summed E-state index contributed by atoms with van der Waals surface area (Å²) in [5, 5.41) is 2.46. The summed E-state index contributed by atoms with van der Waals surface area (Å²) in [6.07, 6.45) is 3.42. The highest BCUT2D eigenvalue weighted by Crippen LogP contribution is 2.30. The van der Waals surface area contributed by atoms with Crippen LogP contribution in [0.3, 0.4) is 0 Å². The predicted molar refractivity (Wildman–Crippen MR) is 106 cm³/mol. The van der Waals surface area contributed by atoms with Gasteiger partial charge in [-0.05, 0) is 62.1 Å². The van der Waals surface area contributed by atoms with E-state index < -0.39 is 27.6 Å². The van der Waals surface area contributed by atoms with Crippen molar-refractivity contribution in [1.82, 2.24) is 4.72 Å². The molecule has 0 radical (unpaired) electrons. The van der Waals surface area contributed by atoms with Gasteiger partial charge >= 0.3 is 0 Å². The number of hydrogen-bond donors (Lipinski definition) is 2. The molecule has 1 aliphatic carbocycles. The van der Waals surface area contributed by atoms with Gasteiger partial charge in [0.2, 0.25) is 10.0 Å². The van der Waals surface area contributed by atoms with Crippen LogP contribution < -0.4 is 14.9 Å². The van der Waals surface area contributed by atoms with E-state index >= 15 is 0 Å². The molecule has 1 heterocycles. The van der Waals surface area contributed by atoms with Gasteiger partial charge in [-0.15, -0.1) is 0 Å². The Morgan fingerprint density at radius 3 is 2.14 bits per heavy atom. The summed E-state index contributed by atoms with van der Waals surface area (Å²) < 4.78 is 55.7. The first-order chi connectivity index (χ1) is 13.8. The minimum Gasteiger partial charge on any atom is -0.367 e. The fourth-order valence-electron chi connectivity index (χ4n) is 3.36. The number of carbonyl (C=O) groups excluding carboxylic acids is 1. The first-order valence-electron chi connectivity index (χ1n) is 9.51. The molecular weight excluding hydrogens is 400 g/mol. The number of carbonyl (C=O) groups is 1. The summed E-state index contributed by atoms with van der Waals surface area (Å²) in [5.41, 5.74) is 0.109. The predicted octanol–water partition coefficient (Wildman–Crippen LogP) is 3.26. The summed E-state index contributed by atoms with van der Waals surface area (Å²) in [5.74, 6) is -2.04. The molecule has 0 atom stereocenters. The molecule has 0 aromatic heterocycles. The van der Waals surface area contributed by atoms with Gasteiger partial charge in [0.1, 0.15) is 5.69 Å². The second-order valence-electron chi connectivity index (χ2n) is 7.36. The van der Waals surface area contributed by atoms with Gasteiger partial charge in [0.25, 0.3) is 5.91 Å². The highest BCUT2D eigenvalue weighted by Gasteiger charge is 2.28. The van der Waals surface area contributed by atoms with Gasteiger partial charge in [-0.25, -0.2) is 21.9 Å². The summed E-state index contributed by atoms with van der Waals surface area (Å²) >= 11 is 0. The minimum atomic E-state index is -3.61. The van der Waals surface area contributed by atoms with Gasteiger partial charge in [-0.3, -0.25) is 4.79 Å². The molecule has 29 heavy (non-hydrogen) atoms. The zero-order valence-electron chi connectivity index (χ0n) is 15.6. The summed E-state index contributed by atoms with van der Waals surface area (Å²) in [7, 11) is -3.61. The van der Waals surface area contributed by atoms with Crippen LogP contribution in [0.25, 0.3) is 0 Å². The molecule has 1 saturated heterocycles. The molecule has 1 amide bonds. The molecule has 2 N–H and O–H groups in total. The molecule has 4 rings (SSSR count). The average Bonchev–Trinajstić information content (AvgIpc) is 3.30. The van der Waals surface area contributed by atoms with E-state index in [1.807, 2.05) is 0 Å². The third kappa shape index (κ3) is 4.40. The number of sulfonamides is 1. The Labute approximate surface area is 168 Å². The number of nitrogens with zero attached hydrogens (tertiary/aromatic N) is 1. The zero-order chi connectivity index (χ0) is 20.6. The first kappa shape index (κ1) is 19.8. The monoisotopic (exact) mass is 421 g/mol. The summed E-state index contributed by atoms with van der Waals surface area (Å²) in [6, 6.07) is 7.55. The highest BCUT2D eigenvalue weighted by atomic mass is 32.2. The summed E-state index contributed by atoms with van der Waals surface area (Å²) in [4.78, 5) is 14.1. The lowest BCUT2D eigenvalue weighted by molar-refractivity contribution is 0.102. The lowest BCUT2D eigenvalue weighted by Gasteiger charge is -2.19. The van der Waals surface area contributed by atoms with Gasteiger partial charge in [-0.1, -0.05) is 0 Å². The normalized spacial score (nSPS) is 16.8. The van der Waals surface area contributed by atoms with Gasteiger partial charge in [0, 0.05) is 30.4 Å². The van der Waals surface area contributed by atoms with E-state index in [1.165, 1.54) is 24.3 Å². The van der Waals surface area contributed by atoms with E-state index in [-0.39, 0.29) is 27.9 Å². The Morgan fingerprint density at radius 2 is 1.59 bits per heavy atom. The maximum Gasteiger partial charge on any atom is 0.255 e. The molecule has 0 bridgehead atoms. The van der Waals surface area contributed by atoms with E-state index in [2.05, 4.69) is 10.0 Å². The van der Waals surface area contributed by atoms with Crippen LogP contribution in [0.4, 0.5) is 20.2 Å². The highest BCUT2D eigenvalue weighted by molar-refractivity contribution is 7.89. The van der Waals surface area contributed by atoms with Gasteiger partial charge in [0.05, 0.1) is 4.90 Å². The number of halogens is 2. The number of rotatable bonds is 6. The van der Waals surface area contributed by atoms with Crippen LogP contribution in [0.2, 0.25) is 0 Å². The Hall–Kier alpha value is -2.52. The second kappa shape index (κ2) is 7.72. The molecule has 9 heteroatoms. The van der Waals surface area contributed by atoms with Crippen molar-refractivity contribution >= 4 is 27.3 Å². The number of hydrogen-bond acceptors (Lipinski definition) is 4. The Balaban J connectivity index is 1.47. The minimum absolute atomic E-state index is 0.0000417. The van der Waals surface area contributed by atoms with Crippen LogP contribution in [0.1, 0.15) is 36.0 Å². The zero-order valence-corrected chi connectivity index (χ0v) is 16.4. The van der Waals surface area contributed by atoms with Crippen molar-refractivity contribution in [2.75, 3.05) is 23.3 Å². The molecule has 2 aromatic rings. The molecule has 0 spiro atoms. The standard InChI is InChI=1S/C20H21F2N3O3S/c21-17-11-15(12-18(22)19(17)25-9-1-2-10-25)23-20(26)13-3-7-16(8-4-13)29(27,28)24-14-5-6-14/h3-4,7-8,11-12,14,24H,1-2,5-6,9-10H2,(H,23,26). The van der Waals surface area contributed by atoms with Gasteiger partial charge in [0.15, 0.2) is 11.6 Å². The SMILES string of the molecule is O=C(Nc1cc(F)c(N2CCCC2)c(F)c1)c1ccc(S(=O)(=O)NC2CC2)cc1. The maximum absolute atomic E-state index is 14.4. The molecule has 2 aromatic carbocycles. The van der Waals surface area contributed by atoms with E-state index in [4.69, 9.17) is 0 Å². The largest absolute Gasteiger partial charge is 0.367 e. The fraction of sp³-hybridized carbons (Fsp3) is 0.350. The Bertz CT molecular complexity index is 1010. The van der Waals surface area contributed by atoms with Crippen molar-refractivity contribution in [2.24, 2.45) is 0 Å². The van der Waals surface area contributed by atoms with Crippen LogP contribution in [0, 0.1) is 11.6 Å². The number of benzene rings is 2. The van der Waals surface area contributed by atoms with Crippen LogP contribution in [-0.4, -0.2) is 33.5 Å². The van der Waals surface area contributed by atoms with Crippen LogP contribution in [-0.2, 0) is 10.0 Å². The third-order valence-corrected chi connectivity index (χ3v) is 6.56.